The summed E-state index contributed by atoms with van der Waals surface area (Å²) in [6, 6.07) is 1.81. The molecule has 0 spiro atoms. The van der Waals surface area contributed by atoms with Gasteiger partial charge in [-0.15, -0.1) is 0 Å². The van der Waals surface area contributed by atoms with Crippen LogP contribution in [0, 0.1) is 6.42 Å². The van der Waals surface area contributed by atoms with Crippen molar-refractivity contribution in [3.8, 4) is 0 Å². The maximum Gasteiger partial charge on any atom is 0.162 e. The predicted molar refractivity (Wildman–Crippen MR) is 58.6 cm³/mol. The molecule has 0 saturated carbocycles. The molecule has 0 unspecified atom stereocenters. The summed E-state index contributed by atoms with van der Waals surface area (Å²) in [5.74, 6) is 1.60. The van der Waals surface area contributed by atoms with Gasteiger partial charge in [-0.2, -0.15) is 0 Å². The number of hydrogen-bond donors (Lipinski definition) is 0. The second-order valence-corrected chi connectivity index (χ2v) is 3.13. The zero-order valence-corrected chi connectivity index (χ0v) is 8.68. The zero-order chi connectivity index (χ0) is 10.5. The van der Waals surface area contributed by atoms with E-state index in [-0.39, 0.29) is 0 Å². The van der Waals surface area contributed by atoms with Crippen molar-refractivity contribution in [1.29, 1.82) is 0 Å². The third-order valence-corrected chi connectivity index (χ3v) is 2.10. The Kier molecular flexibility index (Phi) is 3.12. The summed E-state index contributed by atoms with van der Waals surface area (Å²) < 4.78 is 5.54. The Bertz CT molecular complexity index is 382. The van der Waals surface area contributed by atoms with E-state index in [0.29, 0.717) is 12.4 Å². The highest BCUT2D eigenvalue weighted by atomic mass is 16.5. The molecule has 0 aliphatic heterocycles. The lowest BCUT2D eigenvalue weighted by Gasteiger charge is -2.14. The Morgan fingerprint density at radius 3 is 2.87 bits per heavy atom. The first-order valence-corrected chi connectivity index (χ1v) is 5.06. The zero-order valence-electron chi connectivity index (χ0n) is 8.68. The fourth-order valence-corrected chi connectivity index (χ4v) is 1.47. The molecular formula is C12H13N2O. The van der Waals surface area contributed by atoms with Crippen molar-refractivity contribution in [2.75, 3.05) is 6.61 Å². The lowest BCUT2D eigenvalue weighted by molar-refractivity contribution is 0.236. The SMILES string of the molecule is CCOC1=C(c2ncccn2)C=CC[CH]1. The van der Waals surface area contributed by atoms with Gasteiger partial charge in [0.25, 0.3) is 0 Å². The van der Waals surface area contributed by atoms with E-state index in [9.17, 15) is 0 Å². The van der Waals surface area contributed by atoms with Gasteiger partial charge >= 0.3 is 0 Å². The van der Waals surface area contributed by atoms with Crippen LogP contribution in [-0.2, 0) is 4.74 Å². The molecule has 1 aromatic rings. The van der Waals surface area contributed by atoms with E-state index in [4.69, 9.17) is 4.74 Å². The van der Waals surface area contributed by atoms with E-state index in [2.05, 4.69) is 22.5 Å². The molecule has 2 rings (SSSR count). The number of allylic oxidation sites excluding steroid dienone is 4. The maximum atomic E-state index is 5.54. The van der Waals surface area contributed by atoms with Crippen LogP contribution in [0.5, 0.6) is 0 Å². The molecule has 1 aliphatic rings. The van der Waals surface area contributed by atoms with Gasteiger partial charge in [-0.1, -0.05) is 12.2 Å². The lowest BCUT2D eigenvalue weighted by Crippen LogP contribution is -2.02. The summed E-state index contributed by atoms with van der Waals surface area (Å²) in [4.78, 5) is 8.43. The quantitative estimate of drug-likeness (QED) is 0.753. The highest BCUT2D eigenvalue weighted by Gasteiger charge is 2.13. The summed E-state index contributed by atoms with van der Waals surface area (Å²) in [7, 11) is 0. The van der Waals surface area contributed by atoms with Crippen molar-refractivity contribution in [3.63, 3.8) is 0 Å². The maximum absolute atomic E-state index is 5.54. The average Bonchev–Trinajstić information content (AvgIpc) is 2.31. The van der Waals surface area contributed by atoms with E-state index in [1.165, 1.54) is 0 Å². The van der Waals surface area contributed by atoms with Crippen LogP contribution in [-0.4, -0.2) is 16.6 Å². The Hall–Kier alpha value is -1.64. The number of nitrogens with zero attached hydrogens (tertiary/aromatic N) is 2. The molecule has 0 saturated heterocycles. The van der Waals surface area contributed by atoms with Gasteiger partial charge in [-0.3, -0.25) is 0 Å². The molecule has 0 N–H and O–H groups in total. The van der Waals surface area contributed by atoms with Gasteiger partial charge in [0.1, 0.15) is 5.76 Å². The molecule has 3 nitrogen and oxygen atoms in total. The van der Waals surface area contributed by atoms with Crippen LogP contribution in [0.15, 0.2) is 36.4 Å². The van der Waals surface area contributed by atoms with Crippen LogP contribution in [0.1, 0.15) is 19.2 Å². The number of hydrogen-bond acceptors (Lipinski definition) is 3. The summed E-state index contributed by atoms with van der Waals surface area (Å²) in [6.07, 6.45) is 10.5. The largest absolute Gasteiger partial charge is 0.497 e. The fraction of sp³-hybridized carbons (Fsp3) is 0.250. The predicted octanol–water partition coefficient (Wildman–Crippen LogP) is 2.39. The Morgan fingerprint density at radius 2 is 2.13 bits per heavy atom. The van der Waals surface area contributed by atoms with Crippen LogP contribution in [0.25, 0.3) is 5.57 Å². The van der Waals surface area contributed by atoms with Gasteiger partial charge in [-0.05, 0) is 19.4 Å². The van der Waals surface area contributed by atoms with Gasteiger partial charge in [-0.25, -0.2) is 9.97 Å². The first-order chi connectivity index (χ1) is 7.42. The molecule has 1 heterocycles. The van der Waals surface area contributed by atoms with Gasteiger partial charge in [0.05, 0.1) is 12.2 Å². The number of rotatable bonds is 3. The van der Waals surface area contributed by atoms with E-state index < -0.39 is 0 Å². The van der Waals surface area contributed by atoms with Crippen molar-refractivity contribution in [2.24, 2.45) is 0 Å². The Labute approximate surface area is 89.5 Å². The normalized spacial score (nSPS) is 15.5. The van der Waals surface area contributed by atoms with Crippen LogP contribution in [0.2, 0.25) is 0 Å². The second kappa shape index (κ2) is 4.73. The highest BCUT2D eigenvalue weighted by molar-refractivity contribution is 5.73. The van der Waals surface area contributed by atoms with E-state index in [1.54, 1.807) is 18.5 Å². The van der Waals surface area contributed by atoms with Gasteiger partial charge in [0.2, 0.25) is 0 Å². The smallest absolute Gasteiger partial charge is 0.162 e. The molecule has 3 heteroatoms. The van der Waals surface area contributed by atoms with Gasteiger partial charge < -0.3 is 4.74 Å². The minimum absolute atomic E-state index is 0.663. The molecule has 0 aromatic carbocycles. The fourth-order valence-electron chi connectivity index (χ4n) is 1.47. The molecule has 15 heavy (non-hydrogen) atoms. The molecule has 0 atom stereocenters. The molecule has 77 valence electrons. The van der Waals surface area contributed by atoms with Crippen molar-refractivity contribution >= 4 is 5.57 Å². The highest BCUT2D eigenvalue weighted by Crippen LogP contribution is 2.24. The van der Waals surface area contributed by atoms with Crippen LogP contribution in [0.3, 0.4) is 0 Å². The number of aromatic nitrogens is 2. The topological polar surface area (TPSA) is 35.0 Å². The van der Waals surface area contributed by atoms with Crippen molar-refractivity contribution < 1.29 is 4.74 Å². The van der Waals surface area contributed by atoms with Crippen molar-refractivity contribution in [1.82, 2.24) is 9.97 Å². The first-order valence-electron chi connectivity index (χ1n) is 5.06. The molecule has 0 bridgehead atoms. The summed E-state index contributed by atoms with van der Waals surface area (Å²) in [5.41, 5.74) is 0.962. The monoisotopic (exact) mass is 201 g/mol. The van der Waals surface area contributed by atoms with Crippen LogP contribution in [0.4, 0.5) is 0 Å². The van der Waals surface area contributed by atoms with Crippen molar-refractivity contribution in [2.45, 2.75) is 13.3 Å². The lowest BCUT2D eigenvalue weighted by atomic mass is 10.0. The molecule has 1 aliphatic carbocycles. The molecule has 0 fully saturated rings. The number of ether oxygens (including phenoxy) is 1. The van der Waals surface area contributed by atoms with E-state index in [1.807, 2.05) is 13.0 Å². The Morgan fingerprint density at radius 1 is 1.33 bits per heavy atom. The van der Waals surface area contributed by atoms with Crippen LogP contribution >= 0.6 is 0 Å². The van der Waals surface area contributed by atoms with Crippen LogP contribution < -0.4 is 0 Å². The summed E-state index contributed by atoms with van der Waals surface area (Å²) in [5, 5.41) is 0. The van der Waals surface area contributed by atoms with Crippen molar-refractivity contribution in [3.05, 3.63) is 48.6 Å². The molecule has 0 amide bonds. The second-order valence-electron chi connectivity index (χ2n) is 3.13. The minimum Gasteiger partial charge on any atom is -0.497 e. The molecular weight excluding hydrogens is 188 g/mol. The third-order valence-electron chi connectivity index (χ3n) is 2.10. The van der Waals surface area contributed by atoms with Gasteiger partial charge in [0.15, 0.2) is 5.82 Å². The van der Waals surface area contributed by atoms with Gasteiger partial charge in [0, 0.05) is 18.8 Å². The average molecular weight is 201 g/mol. The summed E-state index contributed by atoms with van der Waals surface area (Å²) >= 11 is 0. The Balaban J connectivity index is 2.35. The summed E-state index contributed by atoms with van der Waals surface area (Å²) in [6.45, 7) is 2.64. The minimum atomic E-state index is 0.663. The first kappa shape index (κ1) is 9.90. The standard InChI is InChI=1S/C12H13N2O/c1-2-15-11-7-4-3-6-10(11)12-13-8-5-9-14-12/h3,5-9H,2,4H2,1H3. The third kappa shape index (κ3) is 2.24. The molecule has 1 aromatic heterocycles. The molecule has 1 radical (unpaired) electrons. The van der Waals surface area contributed by atoms with E-state index in [0.717, 1.165) is 17.8 Å². The van der Waals surface area contributed by atoms with E-state index >= 15 is 0 Å².